The molecule has 0 fully saturated rings. The molecule has 0 spiro atoms. The number of nitrogens with zero attached hydrogens (tertiary/aromatic N) is 4. The van der Waals surface area contributed by atoms with Gasteiger partial charge in [-0.15, -0.1) is 0 Å². The van der Waals surface area contributed by atoms with E-state index in [-0.39, 0.29) is 18.1 Å². The monoisotopic (exact) mass is 438 g/mol. The molecule has 0 bridgehead atoms. The summed E-state index contributed by atoms with van der Waals surface area (Å²) in [5.41, 5.74) is 2.53. The number of halogens is 1. The fourth-order valence-electron chi connectivity index (χ4n) is 2.97. The van der Waals surface area contributed by atoms with Crippen LogP contribution in [0.4, 0.5) is 10.8 Å². The van der Waals surface area contributed by atoms with E-state index in [4.69, 9.17) is 11.6 Å². The Morgan fingerprint density at radius 3 is 2.60 bits per heavy atom. The lowest BCUT2D eigenvalue weighted by Gasteiger charge is -2.19. The van der Waals surface area contributed by atoms with Crippen LogP contribution in [0.3, 0.4) is 0 Å². The topological polar surface area (TPSA) is 89.2 Å². The van der Waals surface area contributed by atoms with E-state index in [1.807, 2.05) is 31.2 Å². The molecule has 2 heterocycles. The van der Waals surface area contributed by atoms with Gasteiger partial charge in [-0.2, -0.15) is 0 Å². The summed E-state index contributed by atoms with van der Waals surface area (Å²) in [5, 5.41) is 12.0. The summed E-state index contributed by atoms with van der Waals surface area (Å²) in [6.07, 6.45) is 1.66. The first kappa shape index (κ1) is 19.9. The molecule has 4 rings (SSSR count). The van der Waals surface area contributed by atoms with Gasteiger partial charge in [0, 0.05) is 28.9 Å². The summed E-state index contributed by atoms with van der Waals surface area (Å²) < 4.78 is 0.912. The summed E-state index contributed by atoms with van der Waals surface area (Å²) in [4.78, 5) is 34.3. The Bertz CT molecular complexity index is 1240. The van der Waals surface area contributed by atoms with Gasteiger partial charge >= 0.3 is 0 Å². The van der Waals surface area contributed by atoms with Crippen molar-refractivity contribution in [3.8, 4) is 0 Å². The number of hydrogen-bond acceptors (Lipinski definition) is 6. The van der Waals surface area contributed by atoms with Crippen LogP contribution in [-0.2, 0) is 6.54 Å². The number of non-ortho nitro benzene ring substituents is 1. The standard InChI is InChI=1S/C21H15ClN4O3S/c1-13-17(22)9-10-18-19(13)24-21(30-18)25(12-15-4-2-3-11-23-15)20(27)14-5-7-16(8-6-14)26(28)29/h2-11H,12H2,1H3. The Kier molecular flexibility index (Phi) is 5.43. The highest BCUT2D eigenvalue weighted by Crippen LogP contribution is 2.34. The largest absolute Gasteiger partial charge is 0.278 e. The SMILES string of the molecule is Cc1c(Cl)ccc2sc(N(Cc3ccccn3)C(=O)c3ccc([N+](=O)[O-])cc3)nc12. The number of carbonyl (C=O) groups excluding carboxylic acids is 1. The molecular formula is C21H15ClN4O3S. The third-order valence-corrected chi connectivity index (χ3v) is 6.04. The zero-order chi connectivity index (χ0) is 21.3. The third kappa shape index (κ3) is 3.87. The van der Waals surface area contributed by atoms with E-state index in [0.717, 1.165) is 15.8 Å². The van der Waals surface area contributed by atoms with Crippen molar-refractivity contribution in [1.29, 1.82) is 0 Å². The van der Waals surface area contributed by atoms with Crippen LogP contribution in [0.15, 0.2) is 60.8 Å². The number of aryl methyl sites for hydroxylation is 1. The number of fused-ring (bicyclic) bond motifs is 1. The molecule has 2 aromatic heterocycles. The van der Waals surface area contributed by atoms with Gasteiger partial charge in [-0.3, -0.25) is 24.8 Å². The predicted octanol–water partition coefficient (Wildman–Crippen LogP) is 5.41. The lowest BCUT2D eigenvalue weighted by molar-refractivity contribution is -0.384. The Morgan fingerprint density at radius 2 is 1.93 bits per heavy atom. The van der Waals surface area contributed by atoms with E-state index in [1.165, 1.54) is 40.5 Å². The van der Waals surface area contributed by atoms with Gasteiger partial charge in [-0.25, -0.2) is 4.98 Å². The van der Waals surface area contributed by atoms with Gasteiger partial charge in [0.15, 0.2) is 5.13 Å². The molecule has 150 valence electrons. The molecule has 7 nitrogen and oxygen atoms in total. The highest BCUT2D eigenvalue weighted by Gasteiger charge is 2.23. The second kappa shape index (κ2) is 8.17. The van der Waals surface area contributed by atoms with Crippen molar-refractivity contribution < 1.29 is 9.72 Å². The number of amides is 1. The van der Waals surface area contributed by atoms with Crippen LogP contribution in [0.5, 0.6) is 0 Å². The molecular weight excluding hydrogens is 424 g/mol. The lowest BCUT2D eigenvalue weighted by Crippen LogP contribution is -2.30. The Balaban J connectivity index is 1.77. The highest BCUT2D eigenvalue weighted by molar-refractivity contribution is 7.22. The normalized spacial score (nSPS) is 10.9. The second-order valence-electron chi connectivity index (χ2n) is 6.53. The smallest absolute Gasteiger partial charge is 0.269 e. The molecule has 9 heteroatoms. The van der Waals surface area contributed by atoms with Crippen molar-refractivity contribution >= 4 is 49.9 Å². The average molecular weight is 439 g/mol. The van der Waals surface area contributed by atoms with Gasteiger partial charge in [0.2, 0.25) is 0 Å². The average Bonchev–Trinajstić information content (AvgIpc) is 3.20. The van der Waals surface area contributed by atoms with Crippen LogP contribution in [0, 0.1) is 17.0 Å². The number of anilines is 1. The zero-order valence-electron chi connectivity index (χ0n) is 15.8. The van der Waals surface area contributed by atoms with Gasteiger partial charge in [0.25, 0.3) is 11.6 Å². The number of nitro benzene ring substituents is 1. The Hall–Kier alpha value is -3.36. The molecule has 0 aliphatic carbocycles. The van der Waals surface area contributed by atoms with Crippen LogP contribution in [0.25, 0.3) is 10.2 Å². The Morgan fingerprint density at radius 1 is 1.17 bits per heavy atom. The first-order chi connectivity index (χ1) is 14.4. The summed E-state index contributed by atoms with van der Waals surface area (Å²) >= 11 is 7.60. The molecule has 0 radical (unpaired) electrons. The summed E-state index contributed by atoms with van der Waals surface area (Å²) in [5.74, 6) is -0.321. The Labute approximate surface area is 180 Å². The molecule has 0 saturated carbocycles. The van der Waals surface area contributed by atoms with Crippen LogP contribution in [-0.4, -0.2) is 20.8 Å². The molecule has 2 aromatic carbocycles. The van der Waals surface area contributed by atoms with E-state index >= 15 is 0 Å². The van der Waals surface area contributed by atoms with E-state index < -0.39 is 4.92 Å². The van der Waals surface area contributed by atoms with E-state index in [9.17, 15) is 14.9 Å². The van der Waals surface area contributed by atoms with Crippen molar-refractivity contribution in [3.05, 3.63) is 92.8 Å². The quantitative estimate of drug-likeness (QED) is 0.307. The molecule has 30 heavy (non-hydrogen) atoms. The second-order valence-corrected chi connectivity index (χ2v) is 7.95. The van der Waals surface area contributed by atoms with Gasteiger partial charge in [0.05, 0.1) is 27.4 Å². The van der Waals surface area contributed by atoms with Crippen LogP contribution < -0.4 is 4.90 Å². The maximum Gasteiger partial charge on any atom is 0.269 e. The third-order valence-electron chi connectivity index (χ3n) is 4.58. The lowest BCUT2D eigenvalue weighted by atomic mass is 10.2. The first-order valence-electron chi connectivity index (χ1n) is 8.96. The highest BCUT2D eigenvalue weighted by atomic mass is 35.5. The molecule has 0 atom stereocenters. The molecule has 4 aromatic rings. The van der Waals surface area contributed by atoms with Crippen molar-refractivity contribution in [2.45, 2.75) is 13.5 Å². The van der Waals surface area contributed by atoms with E-state index in [0.29, 0.717) is 21.4 Å². The number of nitro groups is 1. The first-order valence-corrected chi connectivity index (χ1v) is 10.2. The van der Waals surface area contributed by atoms with Crippen molar-refractivity contribution in [1.82, 2.24) is 9.97 Å². The van der Waals surface area contributed by atoms with Gasteiger partial charge in [-0.1, -0.05) is 29.0 Å². The van der Waals surface area contributed by atoms with Gasteiger partial charge < -0.3 is 0 Å². The van der Waals surface area contributed by atoms with Crippen molar-refractivity contribution in [2.24, 2.45) is 0 Å². The van der Waals surface area contributed by atoms with Crippen molar-refractivity contribution in [2.75, 3.05) is 4.90 Å². The van der Waals surface area contributed by atoms with Gasteiger partial charge in [0.1, 0.15) is 0 Å². The molecule has 0 aliphatic heterocycles. The maximum atomic E-state index is 13.3. The minimum Gasteiger partial charge on any atom is -0.278 e. The van der Waals surface area contributed by atoms with E-state index in [2.05, 4.69) is 9.97 Å². The summed E-state index contributed by atoms with van der Waals surface area (Å²) in [6, 6.07) is 14.7. The van der Waals surface area contributed by atoms with Crippen LogP contribution >= 0.6 is 22.9 Å². The summed E-state index contributed by atoms with van der Waals surface area (Å²) in [6.45, 7) is 2.10. The maximum absolute atomic E-state index is 13.3. The molecule has 0 saturated heterocycles. The van der Waals surface area contributed by atoms with Crippen LogP contribution in [0.1, 0.15) is 21.6 Å². The molecule has 0 unspecified atom stereocenters. The van der Waals surface area contributed by atoms with Crippen LogP contribution in [0.2, 0.25) is 5.02 Å². The summed E-state index contributed by atoms with van der Waals surface area (Å²) in [7, 11) is 0. The molecule has 1 amide bonds. The predicted molar refractivity (Wildman–Crippen MR) is 117 cm³/mol. The number of carbonyl (C=O) groups is 1. The number of hydrogen-bond donors (Lipinski definition) is 0. The van der Waals surface area contributed by atoms with Crippen molar-refractivity contribution in [3.63, 3.8) is 0 Å². The fourth-order valence-corrected chi connectivity index (χ4v) is 4.14. The minimum absolute atomic E-state index is 0.0759. The van der Waals surface area contributed by atoms with Gasteiger partial charge in [-0.05, 0) is 48.9 Å². The molecule has 0 aliphatic rings. The number of benzene rings is 2. The zero-order valence-corrected chi connectivity index (χ0v) is 17.4. The van der Waals surface area contributed by atoms with E-state index in [1.54, 1.807) is 12.3 Å². The number of rotatable bonds is 5. The minimum atomic E-state index is -0.500. The number of thiazole rings is 1. The fraction of sp³-hybridized carbons (Fsp3) is 0.0952. The molecule has 0 N–H and O–H groups in total. The number of aromatic nitrogens is 2. The number of pyridine rings is 1.